The molecule has 140 valence electrons. The lowest BCUT2D eigenvalue weighted by molar-refractivity contribution is -0.118. The Morgan fingerprint density at radius 3 is 2.37 bits per heavy atom. The first kappa shape index (κ1) is 18.7. The Bertz CT molecular complexity index is 941. The number of hydrogen-bond donors (Lipinski definition) is 1. The maximum atomic E-state index is 12.1. The monoisotopic (exact) mass is 386 g/mol. The average Bonchev–Trinajstić information content (AvgIpc) is 3.06. The van der Waals surface area contributed by atoms with Crippen LogP contribution in [0.5, 0.6) is 17.2 Å². The number of ketones is 1. The Labute approximate surface area is 159 Å². The number of ether oxygens (including phenoxy) is 3. The highest BCUT2D eigenvalue weighted by atomic mass is 32.1. The van der Waals surface area contributed by atoms with Gasteiger partial charge in [0.25, 0.3) is 5.91 Å². The topological polar surface area (TPSA) is 86.8 Å². The molecule has 0 atom stereocenters. The van der Waals surface area contributed by atoms with Crippen LogP contribution in [0.2, 0.25) is 0 Å². The Morgan fingerprint density at radius 1 is 1.07 bits per heavy atom. The fraction of sp³-hybridized carbons (Fsp3) is 0.211. The average molecular weight is 386 g/mol. The predicted molar refractivity (Wildman–Crippen MR) is 103 cm³/mol. The summed E-state index contributed by atoms with van der Waals surface area (Å²) >= 11 is 1.33. The minimum Gasteiger partial charge on any atom is -0.493 e. The molecule has 0 fully saturated rings. The maximum absolute atomic E-state index is 12.1. The van der Waals surface area contributed by atoms with E-state index in [9.17, 15) is 9.59 Å². The van der Waals surface area contributed by atoms with Crippen molar-refractivity contribution in [3.8, 4) is 17.2 Å². The second kappa shape index (κ2) is 8.05. The number of benzene rings is 2. The zero-order chi connectivity index (χ0) is 19.4. The molecule has 2 aromatic carbocycles. The number of carbonyl (C=O) groups is 2. The lowest BCUT2D eigenvalue weighted by Crippen LogP contribution is -2.20. The van der Waals surface area contributed by atoms with E-state index in [2.05, 4.69) is 10.3 Å². The summed E-state index contributed by atoms with van der Waals surface area (Å²) in [7, 11) is 3.12. The highest BCUT2D eigenvalue weighted by molar-refractivity contribution is 7.22. The van der Waals surface area contributed by atoms with Gasteiger partial charge in [-0.25, -0.2) is 4.98 Å². The van der Waals surface area contributed by atoms with E-state index >= 15 is 0 Å². The van der Waals surface area contributed by atoms with Crippen LogP contribution in [0.1, 0.15) is 17.3 Å². The summed E-state index contributed by atoms with van der Waals surface area (Å²) in [5, 5.41) is 3.17. The molecular weight excluding hydrogens is 368 g/mol. The van der Waals surface area contributed by atoms with Gasteiger partial charge in [-0.15, -0.1) is 0 Å². The normalized spacial score (nSPS) is 10.5. The Balaban J connectivity index is 1.64. The van der Waals surface area contributed by atoms with Gasteiger partial charge in [0.05, 0.1) is 24.4 Å². The molecule has 27 heavy (non-hydrogen) atoms. The third-order valence-electron chi connectivity index (χ3n) is 3.77. The molecule has 3 rings (SSSR count). The van der Waals surface area contributed by atoms with Crippen molar-refractivity contribution in [1.82, 2.24) is 4.98 Å². The molecule has 0 saturated heterocycles. The lowest BCUT2D eigenvalue weighted by atomic mass is 10.1. The molecule has 0 aliphatic heterocycles. The molecule has 0 unspecified atom stereocenters. The third-order valence-corrected chi connectivity index (χ3v) is 4.70. The number of aromatic nitrogens is 1. The fourth-order valence-electron chi connectivity index (χ4n) is 2.40. The van der Waals surface area contributed by atoms with Gasteiger partial charge >= 0.3 is 0 Å². The molecule has 8 heteroatoms. The molecule has 1 amide bonds. The van der Waals surface area contributed by atoms with Crippen LogP contribution in [0.25, 0.3) is 10.2 Å². The van der Waals surface area contributed by atoms with Crippen molar-refractivity contribution in [2.45, 2.75) is 6.92 Å². The van der Waals surface area contributed by atoms with E-state index < -0.39 is 0 Å². The van der Waals surface area contributed by atoms with E-state index in [0.29, 0.717) is 33.5 Å². The summed E-state index contributed by atoms with van der Waals surface area (Å²) in [6.07, 6.45) is 0. The second-order valence-electron chi connectivity index (χ2n) is 5.61. The molecule has 0 aliphatic carbocycles. The van der Waals surface area contributed by atoms with Crippen molar-refractivity contribution in [2.75, 3.05) is 26.1 Å². The maximum Gasteiger partial charge on any atom is 0.264 e. The van der Waals surface area contributed by atoms with Gasteiger partial charge in [-0.1, -0.05) is 11.3 Å². The minimum atomic E-state index is -0.330. The second-order valence-corrected chi connectivity index (χ2v) is 6.64. The van der Waals surface area contributed by atoms with Gasteiger partial charge in [-0.3, -0.25) is 14.9 Å². The molecule has 1 aromatic heterocycles. The fourth-order valence-corrected chi connectivity index (χ4v) is 3.29. The van der Waals surface area contributed by atoms with E-state index in [-0.39, 0.29) is 18.3 Å². The molecule has 0 spiro atoms. The zero-order valence-electron chi connectivity index (χ0n) is 15.1. The molecule has 0 radical (unpaired) electrons. The first-order chi connectivity index (χ1) is 13.0. The zero-order valence-corrected chi connectivity index (χ0v) is 15.9. The third kappa shape index (κ3) is 4.35. The number of anilines is 1. The van der Waals surface area contributed by atoms with Crippen molar-refractivity contribution in [1.29, 1.82) is 0 Å². The molecule has 0 bridgehead atoms. The minimum absolute atomic E-state index is 0.0246. The van der Waals surface area contributed by atoms with Gasteiger partial charge in [-0.05, 0) is 31.2 Å². The first-order valence-electron chi connectivity index (χ1n) is 8.06. The van der Waals surface area contributed by atoms with E-state index in [1.165, 1.54) is 18.3 Å². The van der Waals surface area contributed by atoms with Crippen molar-refractivity contribution in [3.05, 3.63) is 42.0 Å². The summed E-state index contributed by atoms with van der Waals surface area (Å²) in [4.78, 5) is 27.7. The van der Waals surface area contributed by atoms with E-state index in [1.54, 1.807) is 44.6 Å². The van der Waals surface area contributed by atoms with E-state index in [1.807, 2.05) is 6.07 Å². The van der Waals surface area contributed by atoms with Crippen LogP contribution in [-0.4, -0.2) is 37.5 Å². The molecule has 1 heterocycles. The first-order valence-corrected chi connectivity index (χ1v) is 8.88. The summed E-state index contributed by atoms with van der Waals surface area (Å²) in [5.41, 5.74) is 1.29. The van der Waals surface area contributed by atoms with E-state index in [4.69, 9.17) is 14.2 Å². The molecule has 0 aliphatic rings. The highest BCUT2D eigenvalue weighted by Crippen LogP contribution is 2.36. The van der Waals surface area contributed by atoms with Crippen LogP contribution >= 0.6 is 11.3 Å². The number of nitrogens with zero attached hydrogens (tertiary/aromatic N) is 1. The Hall–Kier alpha value is -3.13. The number of thiazole rings is 1. The number of fused-ring (bicyclic) bond motifs is 1. The van der Waals surface area contributed by atoms with Crippen LogP contribution in [0.3, 0.4) is 0 Å². The van der Waals surface area contributed by atoms with Gasteiger partial charge in [0.2, 0.25) is 0 Å². The van der Waals surface area contributed by atoms with Crippen LogP contribution in [-0.2, 0) is 4.79 Å². The summed E-state index contributed by atoms with van der Waals surface area (Å²) in [6.45, 7) is 1.33. The van der Waals surface area contributed by atoms with Crippen LogP contribution < -0.4 is 19.5 Å². The number of methoxy groups -OCH3 is 2. The highest BCUT2D eigenvalue weighted by Gasteiger charge is 2.13. The van der Waals surface area contributed by atoms with Crippen molar-refractivity contribution in [3.63, 3.8) is 0 Å². The number of amides is 1. The SMILES string of the molecule is COc1cc2nc(NC(=O)COc3ccc(C(C)=O)cc3)sc2cc1OC. The van der Waals surface area contributed by atoms with Crippen molar-refractivity contribution in [2.24, 2.45) is 0 Å². The number of carbonyl (C=O) groups excluding carboxylic acids is 2. The largest absolute Gasteiger partial charge is 0.493 e. The number of Topliss-reactive ketones (excluding diaryl/α,β-unsaturated/α-hetero) is 1. The number of nitrogens with one attached hydrogen (secondary N) is 1. The predicted octanol–water partition coefficient (Wildman–Crippen LogP) is 3.53. The standard InChI is InChI=1S/C19H18N2O5S/c1-11(22)12-4-6-13(7-5-12)26-10-18(23)21-19-20-14-8-15(24-2)16(25-3)9-17(14)27-19/h4-9H,10H2,1-3H3,(H,20,21,23). The van der Waals surface area contributed by atoms with Gasteiger partial charge in [0.1, 0.15) is 5.75 Å². The Kier molecular flexibility index (Phi) is 5.56. The van der Waals surface area contributed by atoms with Crippen LogP contribution in [0.4, 0.5) is 5.13 Å². The Morgan fingerprint density at radius 2 is 1.74 bits per heavy atom. The number of rotatable bonds is 7. The lowest BCUT2D eigenvalue weighted by Gasteiger charge is -2.06. The molecule has 7 nitrogen and oxygen atoms in total. The smallest absolute Gasteiger partial charge is 0.264 e. The summed E-state index contributed by atoms with van der Waals surface area (Å²) in [5.74, 6) is 1.33. The molecule has 0 saturated carbocycles. The van der Waals surface area contributed by atoms with Crippen LogP contribution in [0.15, 0.2) is 36.4 Å². The summed E-state index contributed by atoms with van der Waals surface area (Å²) < 4.78 is 16.8. The van der Waals surface area contributed by atoms with Gasteiger partial charge in [0.15, 0.2) is 29.0 Å². The summed E-state index contributed by atoms with van der Waals surface area (Å²) in [6, 6.07) is 10.2. The quantitative estimate of drug-likeness (QED) is 0.625. The van der Waals surface area contributed by atoms with Gasteiger partial charge in [0, 0.05) is 17.7 Å². The van der Waals surface area contributed by atoms with Gasteiger partial charge in [-0.2, -0.15) is 0 Å². The van der Waals surface area contributed by atoms with E-state index in [0.717, 1.165) is 4.70 Å². The molecule has 3 aromatic rings. The molecular formula is C19H18N2O5S. The van der Waals surface area contributed by atoms with Crippen molar-refractivity contribution < 1.29 is 23.8 Å². The number of hydrogen-bond acceptors (Lipinski definition) is 7. The van der Waals surface area contributed by atoms with Gasteiger partial charge < -0.3 is 14.2 Å². The molecule has 1 N–H and O–H groups in total. The van der Waals surface area contributed by atoms with Crippen molar-refractivity contribution >= 4 is 38.4 Å². The van der Waals surface area contributed by atoms with Crippen LogP contribution in [0, 0.1) is 0 Å².